The maximum Gasteiger partial charge on any atom is 0.255 e. The molecule has 1 amide bonds. The number of carbonyl (C=O) groups excluding carboxylic acids is 1. The molecule has 4 rings (SSSR count). The Balaban J connectivity index is 1.58. The van der Waals surface area contributed by atoms with E-state index < -0.39 is 15.1 Å². The predicted molar refractivity (Wildman–Crippen MR) is 120 cm³/mol. The Hall–Kier alpha value is -3.12. The number of hydrogen-bond acceptors (Lipinski definition) is 4. The molecule has 30 heavy (non-hydrogen) atoms. The van der Waals surface area contributed by atoms with Crippen LogP contribution in [0.1, 0.15) is 29.8 Å². The van der Waals surface area contributed by atoms with E-state index in [1.807, 2.05) is 36.4 Å². The number of para-hydroxylation sites is 3. The van der Waals surface area contributed by atoms with Crippen LogP contribution in [0, 0.1) is 0 Å². The van der Waals surface area contributed by atoms with Gasteiger partial charge in [0.25, 0.3) is 5.91 Å². The van der Waals surface area contributed by atoms with E-state index in [4.69, 9.17) is 0 Å². The molecular weight excluding hydrogens is 396 g/mol. The molecule has 0 radical (unpaired) electrons. The summed E-state index contributed by atoms with van der Waals surface area (Å²) in [6.07, 6.45) is 0.963. The number of carbonyl (C=O) groups is 1. The summed E-state index contributed by atoms with van der Waals surface area (Å²) >= 11 is 0. The van der Waals surface area contributed by atoms with Gasteiger partial charge in [-0.3, -0.25) is 4.79 Å². The molecule has 0 spiro atoms. The van der Waals surface area contributed by atoms with E-state index in [1.54, 1.807) is 26.0 Å². The van der Waals surface area contributed by atoms with E-state index in [2.05, 4.69) is 22.3 Å². The van der Waals surface area contributed by atoms with Crippen LogP contribution >= 0.6 is 0 Å². The highest BCUT2D eigenvalue weighted by molar-refractivity contribution is 7.92. The number of fused-ring (bicyclic) bond motifs is 1. The van der Waals surface area contributed by atoms with Gasteiger partial charge in [-0.1, -0.05) is 30.3 Å². The fraction of sp³-hybridized carbons (Fsp3) is 0.208. The number of hydrogen-bond donors (Lipinski definition) is 1. The van der Waals surface area contributed by atoms with E-state index in [0.29, 0.717) is 5.56 Å². The van der Waals surface area contributed by atoms with Gasteiger partial charge < -0.3 is 10.2 Å². The Kier molecular flexibility index (Phi) is 5.35. The van der Waals surface area contributed by atoms with Crippen molar-refractivity contribution in [3.05, 3.63) is 83.9 Å². The van der Waals surface area contributed by atoms with Gasteiger partial charge in [-0.15, -0.1) is 0 Å². The van der Waals surface area contributed by atoms with Gasteiger partial charge in [-0.2, -0.15) is 0 Å². The molecule has 1 N–H and O–H groups in total. The number of anilines is 3. The summed E-state index contributed by atoms with van der Waals surface area (Å²) in [4.78, 5) is 15.3. The second kappa shape index (κ2) is 7.95. The van der Waals surface area contributed by atoms with Crippen LogP contribution in [0.2, 0.25) is 0 Å². The first-order valence-corrected chi connectivity index (χ1v) is 11.5. The van der Waals surface area contributed by atoms with E-state index in [-0.39, 0.29) is 10.8 Å². The van der Waals surface area contributed by atoms with Gasteiger partial charge in [0.2, 0.25) is 0 Å². The minimum atomic E-state index is -3.36. The molecule has 3 aromatic carbocycles. The lowest BCUT2D eigenvalue weighted by atomic mass is 10.1. The van der Waals surface area contributed by atoms with Gasteiger partial charge in [0.15, 0.2) is 9.84 Å². The molecule has 0 aliphatic carbocycles. The lowest BCUT2D eigenvalue weighted by Crippen LogP contribution is -2.18. The molecular formula is C24H24N2O3S. The van der Waals surface area contributed by atoms with Gasteiger partial charge in [-0.05, 0) is 68.3 Å². The highest BCUT2D eigenvalue weighted by atomic mass is 32.2. The minimum absolute atomic E-state index is 0.225. The SMILES string of the molecule is CC(C)S(=O)(=O)c1ccc(C(=O)Nc2ccccc2N2CCc3ccccc32)cc1. The monoisotopic (exact) mass is 420 g/mol. The smallest absolute Gasteiger partial charge is 0.255 e. The number of nitrogens with one attached hydrogen (secondary N) is 1. The van der Waals surface area contributed by atoms with Gasteiger partial charge >= 0.3 is 0 Å². The van der Waals surface area contributed by atoms with Crippen LogP contribution < -0.4 is 10.2 Å². The average molecular weight is 421 g/mol. The molecule has 154 valence electrons. The summed E-state index contributed by atoms with van der Waals surface area (Å²) in [5.74, 6) is -0.275. The van der Waals surface area contributed by atoms with Crippen LogP contribution in [0.15, 0.2) is 77.7 Å². The molecule has 0 saturated carbocycles. The normalized spacial score (nSPS) is 13.4. The van der Waals surface area contributed by atoms with Crippen LogP contribution in [-0.2, 0) is 16.3 Å². The lowest BCUT2D eigenvalue weighted by Gasteiger charge is -2.23. The Bertz CT molecular complexity index is 1190. The number of amides is 1. The number of benzene rings is 3. The van der Waals surface area contributed by atoms with E-state index in [0.717, 1.165) is 30.0 Å². The van der Waals surface area contributed by atoms with Crippen LogP contribution in [0.3, 0.4) is 0 Å². The number of rotatable bonds is 5. The van der Waals surface area contributed by atoms with Gasteiger partial charge in [-0.25, -0.2) is 8.42 Å². The van der Waals surface area contributed by atoms with Crippen molar-refractivity contribution in [3.8, 4) is 0 Å². The Morgan fingerprint density at radius 3 is 2.23 bits per heavy atom. The maximum absolute atomic E-state index is 12.8. The first-order chi connectivity index (χ1) is 14.4. The standard InChI is InChI=1S/C24H24N2O3S/c1-17(2)30(28,29)20-13-11-19(12-14-20)24(27)25-21-8-4-6-10-23(21)26-16-15-18-7-3-5-9-22(18)26/h3-14,17H,15-16H2,1-2H3,(H,25,27). The zero-order valence-corrected chi connectivity index (χ0v) is 17.8. The third kappa shape index (κ3) is 3.71. The molecule has 0 atom stereocenters. The van der Waals surface area contributed by atoms with Crippen molar-refractivity contribution in [2.45, 2.75) is 30.4 Å². The lowest BCUT2D eigenvalue weighted by molar-refractivity contribution is 0.102. The van der Waals surface area contributed by atoms with Crippen molar-refractivity contribution in [1.29, 1.82) is 0 Å². The van der Waals surface area contributed by atoms with Crippen LogP contribution in [0.25, 0.3) is 0 Å². The van der Waals surface area contributed by atoms with E-state index >= 15 is 0 Å². The van der Waals surface area contributed by atoms with Crippen molar-refractivity contribution in [1.82, 2.24) is 0 Å². The summed E-state index contributed by atoms with van der Waals surface area (Å²) in [5, 5.41) is 2.48. The molecule has 0 bridgehead atoms. The van der Waals surface area contributed by atoms with Crippen molar-refractivity contribution >= 4 is 32.8 Å². The summed E-state index contributed by atoms with van der Waals surface area (Å²) in [7, 11) is -3.36. The van der Waals surface area contributed by atoms with E-state index in [1.165, 1.54) is 17.7 Å². The van der Waals surface area contributed by atoms with E-state index in [9.17, 15) is 13.2 Å². The largest absolute Gasteiger partial charge is 0.339 e. The highest BCUT2D eigenvalue weighted by Gasteiger charge is 2.23. The minimum Gasteiger partial charge on any atom is -0.339 e. The van der Waals surface area contributed by atoms with Crippen LogP contribution in [0.5, 0.6) is 0 Å². The topological polar surface area (TPSA) is 66.5 Å². The summed E-state index contributed by atoms with van der Waals surface area (Å²) in [6.45, 7) is 4.14. The molecule has 6 heteroatoms. The van der Waals surface area contributed by atoms with Gasteiger partial charge in [0, 0.05) is 17.8 Å². The summed E-state index contributed by atoms with van der Waals surface area (Å²) in [5.41, 5.74) is 4.52. The fourth-order valence-corrected chi connectivity index (χ4v) is 4.73. The second-order valence-electron chi connectivity index (χ2n) is 7.62. The quantitative estimate of drug-likeness (QED) is 0.643. The van der Waals surface area contributed by atoms with Crippen molar-refractivity contribution < 1.29 is 13.2 Å². The summed E-state index contributed by atoms with van der Waals surface area (Å²) in [6, 6.07) is 22.1. The Morgan fingerprint density at radius 2 is 1.53 bits per heavy atom. The molecule has 0 unspecified atom stereocenters. The van der Waals surface area contributed by atoms with Crippen molar-refractivity contribution in [2.24, 2.45) is 0 Å². The second-order valence-corrected chi connectivity index (χ2v) is 10.1. The molecule has 1 heterocycles. The van der Waals surface area contributed by atoms with Crippen molar-refractivity contribution in [3.63, 3.8) is 0 Å². The zero-order chi connectivity index (χ0) is 21.3. The molecule has 0 fully saturated rings. The molecule has 0 aromatic heterocycles. The molecule has 1 aliphatic heterocycles. The van der Waals surface area contributed by atoms with Gasteiger partial charge in [0.05, 0.1) is 21.5 Å². The third-order valence-electron chi connectivity index (χ3n) is 5.40. The Morgan fingerprint density at radius 1 is 0.900 bits per heavy atom. The first-order valence-electron chi connectivity index (χ1n) is 9.98. The zero-order valence-electron chi connectivity index (χ0n) is 17.0. The first kappa shape index (κ1) is 20.2. The molecule has 5 nitrogen and oxygen atoms in total. The number of sulfone groups is 1. The summed E-state index contributed by atoms with van der Waals surface area (Å²) < 4.78 is 24.6. The Labute approximate surface area is 177 Å². The molecule has 1 aliphatic rings. The van der Waals surface area contributed by atoms with Gasteiger partial charge in [0.1, 0.15) is 0 Å². The number of nitrogens with zero attached hydrogens (tertiary/aromatic N) is 1. The van der Waals surface area contributed by atoms with Crippen LogP contribution in [0.4, 0.5) is 17.1 Å². The van der Waals surface area contributed by atoms with Crippen LogP contribution in [-0.4, -0.2) is 26.1 Å². The molecule has 0 saturated heterocycles. The maximum atomic E-state index is 12.8. The fourth-order valence-electron chi connectivity index (χ4n) is 3.67. The van der Waals surface area contributed by atoms with Crippen molar-refractivity contribution in [2.75, 3.05) is 16.8 Å². The highest BCUT2D eigenvalue weighted by Crippen LogP contribution is 2.38. The third-order valence-corrected chi connectivity index (χ3v) is 7.57. The predicted octanol–water partition coefficient (Wildman–Crippen LogP) is 4.82. The average Bonchev–Trinajstić information content (AvgIpc) is 3.18. The molecule has 3 aromatic rings.